The summed E-state index contributed by atoms with van der Waals surface area (Å²) in [6.07, 6.45) is 0.963. The van der Waals surface area contributed by atoms with Crippen LogP contribution >= 0.6 is 0 Å². The molecule has 118 valence electrons. The van der Waals surface area contributed by atoms with Gasteiger partial charge < -0.3 is 10.3 Å². The highest BCUT2D eigenvalue weighted by Crippen LogP contribution is 2.18. The zero-order chi connectivity index (χ0) is 16.2. The minimum Gasteiger partial charge on any atom is -0.321 e. The number of hydrogen-bond acceptors (Lipinski definition) is 2. The van der Waals surface area contributed by atoms with Crippen LogP contribution in [0.15, 0.2) is 53.3 Å². The quantitative estimate of drug-likeness (QED) is 0.709. The third-order valence-electron chi connectivity index (χ3n) is 4.38. The molecule has 3 rings (SSSR count). The van der Waals surface area contributed by atoms with Crippen molar-refractivity contribution in [2.45, 2.75) is 26.8 Å². The fourth-order valence-corrected chi connectivity index (χ4v) is 2.80. The van der Waals surface area contributed by atoms with Gasteiger partial charge in [0.1, 0.15) is 0 Å². The van der Waals surface area contributed by atoms with Crippen LogP contribution in [-0.2, 0) is 13.0 Å². The molecule has 0 atom stereocenters. The zero-order valence-corrected chi connectivity index (χ0v) is 13.6. The molecular formula is C20H22N2O. The number of aromatic amines is 1. The minimum absolute atomic E-state index is 0.00147. The van der Waals surface area contributed by atoms with Crippen molar-refractivity contribution >= 4 is 10.9 Å². The first kappa shape index (κ1) is 15.5. The summed E-state index contributed by atoms with van der Waals surface area (Å²) in [5.41, 5.74) is 5.37. The summed E-state index contributed by atoms with van der Waals surface area (Å²) in [5.74, 6) is 0. The Hall–Kier alpha value is -2.39. The number of hydrogen-bond donors (Lipinski definition) is 2. The largest absolute Gasteiger partial charge is 0.321 e. The average Bonchev–Trinajstić information content (AvgIpc) is 2.57. The third kappa shape index (κ3) is 3.51. The lowest BCUT2D eigenvalue weighted by Gasteiger charge is -2.09. The number of nitrogens with one attached hydrogen (secondary N) is 2. The standard InChI is InChI=1S/C20H22N2O/c1-14-8-9-17-12-18(20(23)22-19(17)15(14)2)13-21-11-10-16-6-4-3-5-7-16/h3-9,12,21H,10-11,13H2,1-2H3,(H,22,23). The number of aryl methyl sites for hydroxylation is 2. The van der Waals surface area contributed by atoms with Crippen molar-refractivity contribution in [2.75, 3.05) is 6.54 Å². The molecule has 0 saturated heterocycles. The van der Waals surface area contributed by atoms with Crippen LogP contribution in [0.1, 0.15) is 22.3 Å². The highest BCUT2D eigenvalue weighted by Gasteiger charge is 2.06. The molecule has 3 nitrogen and oxygen atoms in total. The third-order valence-corrected chi connectivity index (χ3v) is 4.38. The molecule has 0 saturated carbocycles. The normalized spacial score (nSPS) is 11.0. The van der Waals surface area contributed by atoms with Crippen LogP contribution < -0.4 is 10.9 Å². The van der Waals surface area contributed by atoms with Gasteiger partial charge in [-0.1, -0.05) is 42.5 Å². The molecule has 2 aromatic carbocycles. The van der Waals surface area contributed by atoms with Crippen molar-refractivity contribution < 1.29 is 0 Å². The average molecular weight is 306 g/mol. The molecule has 3 heteroatoms. The molecule has 1 heterocycles. The van der Waals surface area contributed by atoms with Crippen LogP contribution in [-0.4, -0.2) is 11.5 Å². The monoisotopic (exact) mass is 306 g/mol. The Morgan fingerprint density at radius 2 is 1.83 bits per heavy atom. The maximum Gasteiger partial charge on any atom is 0.252 e. The van der Waals surface area contributed by atoms with Crippen LogP contribution in [0.4, 0.5) is 0 Å². The summed E-state index contributed by atoms with van der Waals surface area (Å²) < 4.78 is 0. The van der Waals surface area contributed by atoms with Gasteiger partial charge in [-0.25, -0.2) is 0 Å². The fourth-order valence-electron chi connectivity index (χ4n) is 2.80. The molecule has 0 spiro atoms. The van der Waals surface area contributed by atoms with Crippen LogP contribution in [0.3, 0.4) is 0 Å². The van der Waals surface area contributed by atoms with Gasteiger partial charge >= 0.3 is 0 Å². The summed E-state index contributed by atoms with van der Waals surface area (Å²) >= 11 is 0. The molecule has 0 unspecified atom stereocenters. The van der Waals surface area contributed by atoms with E-state index in [9.17, 15) is 4.79 Å². The van der Waals surface area contributed by atoms with Gasteiger partial charge in [-0.05, 0) is 55.0 Å². The van der Waals surface area contributed by atoms with Gasteiger partial charge in [-0.2, -0.15) is 0 Å². The number of fused-ring (bicyclic) bond motifs is 1. The van der Waals surface area contributed by atoms with Gasteiger partial charge in [0.05, 0.1) is 5.52 Å². The summed E-state index contributed by atoms with van der Waals surface area (Å²) in [4.78, 5) is 15.3. The molecule has 0 aliphatic heterocycles. The topological polar surface area (TPSA) is 44.9 Å². The van der Waals surface area contributed by atoms with Crippen LogP contribution in [0.25, 0.3) is 10.9 Å². The maximum atomic E-state index is 12.3. The highest BCUT2D eigenvalue weighted by molar-refractivity contribution is 5.83. The summed E-state index contributed by atoms with van der Waals surface area (Å²) in [6, 6.07) is 16.5. The zero-order valence-electron chi connectivity index (χ0n) is 13.6. The number of pyridine rings is 1. The molecule has 23 heavy (non-hydrogen) atoms. The molecule has 0 fully saturated rings. The van der Waals surface area contributed by atoms with E-state index in [4.69, 9.17) is 0 Å². The van der Waals surface area contributed by atoms with Crippen LogP contribution in [0.5, 0.6) is 0 Å². The first-order valence-corrected chi connectivity index (χ1v) is 8.02. The SMILES string of the molecule is Cc1ccc2cc(CNCCc3ccccc3)c(=O)[nH]c2c1C. The van der Waals surface area contributed by atoms with Crippen molar-refractivity contribution in [1.82, 2.24) is 10.3 Å². The smallest absolute Gasteiger partial charge is 0.252 e. The van der Waals surface area contributed by atoms with Gasteiger partial charge in [0.15, 0.2) is 0 Å². The second kappa shape index (κ2) is 6.80. The number of rotatable bonds is 5. The van der Waals surface area contributed by atoms with Crippen molar-refractivity contribution in [3.05, 3.63) is 81.1 Å². The van der Waals surface area contributed by atoms with Crippen LogP contribution in [0, 0.1) is 13.8 Å². The van der Waals surface area contributed by atoms with Crippen molar-refractivity contribution in [2.24, 2.45) is 0 Å². The van der Waals surface area contributed by atoms with Gasteiger partial charge in [0, 0.05) is 12.1 Å². The molecule has 0 bridgehead atoms. The van der Waals surface area contributed by atoms with Crippen molar-refractivity contribution in [1.29, 1.82) is 0 Å². The Labute approximate surface area is 136 Å². The Balaban J connectivity index is 1.70. The predicted molar refractivity (Wildman–Crippen MR) is 95.9 cm³/mol. The highest BCUT2D eigenvalue weighted by atomic mass is 16.1. The molecular weight excluding hydrogens is 284 g/mol. The maximum absolute atomic E-state index is 12.3. The van der Waals surface area contributed by atoms with Gasteiger partial charge in [0.2, 0.25) is 0 Å². The van der Waals surface area contributed by atoms with Crippen molar-refractivity contribution in [3.8, 4) is 0 Å². The lowest BCUT2D eigenvalue weighted by Crippen LogP contribution is -2.23. The first-order valence-electron chi connectivity index (χ1n) is 8.02. The molecule has 0 amide bonds. The van der Waals surface area contributed by atoms with E-state index in [1.54, 1.807) is 0 Å². The number of benzene rings is 2. The predicted octanol–water partition coefficient (Wildman–Crippen LogP) is 3.48. The summed E-state index contributed by atoms with van der Waals surface area (Å²) in [6.45, 7) is 5.55. The molecule has 0 radical (unpaired) electrons. The van der Waals surface area contributed by atoms with Gasteiger partial charge in [-0.3, -0.25) is 4.79 Å². The second-order valence-electron chi connectivity index (χ2n) is 6.01. The van der Waals surface area contributed by atoms with E-state index in [2.05, 4.69) is 41.5 Å². The number of aromatic nitrogens is 1. The lowest BCUT2D eigenvalue weighted by molar-refractivity contribution is 0.683. The molecule has 1 aromatic heterocycles. The lowest BCUT2D eigenvalue weighted by atomic mass is 10.0. The van der Waals surface area contributed by atoms with E-state index < -0.39 is 0 Å². The van der Waals surface area contributed by atoms with E-state index in [1.807, 2.05) is 31.2 Å². The Bertz CT molecular complexity index is 866. The molecule has 2 N–H and O–H groups in total. The van der Waals surface area contributed by atoms with E-state index in [0.717, 1.165) is 35.0 Å². The van der Waals surface area contributed by atoms with Gasteiger partial charge in [-0.15, -0.1) is 0 Å². The summed E-state index contributed by atoms with van der Waals surface area (Å²) in [7, 11) is 0. The van der Waals surface area contributed by atoms with Crippen LogP contribution in [0.2, 0.25) is 0 Å². The Morgan fingerprint density at radius 1 is 1.04 bits per heavy atom. The van der Waals surface area contributed by atoms with Gasteiger partial charge in [0.25, 0.3) is 5.56 Å². The molecule has 0 aliphatic carbocycles. The van der Waals surface area contributed by atoms with E-state index in [-0.39, 0.29) is 5.56 Å². The first-order chi connectivity index (χ1) is 11.1. The van der Waals surface area contributed by atoms with E-state index >= 15 is 0 Å². The fraction of sp³-hybridized carbons (Fsp3) is 0.250. The number of H-pyrrole nitrogens is 1. The van der Waals surface area contributed by atoms with Crippen molar-refractivity contribution in [3.63, 3.8) is 0 Å². The minimum atomic E-state index is -0.00147. The Morgan fingerprint density at radius 3 is 2.61 bits per heavy atom. The molecule has 0 aliphatic rings. The molecule has 3 aromatic rings. The summed E-state index contributed by atoms with van der Waals surface area (Å²) in [5, 5.41) is 4.45. The Kier molecular flexibility index (Phi) is 4.58. The van der Waals surface area contributed by atoms with E-state index in [1.165, 1.54) is 11.1 Å². The van der Waals surface area contributed by atoms with E-state index in [0.29, 0.717) is 6.54 Å². The second-order valence-corrected chi connectivity index (χ2v) is 6.01.